The molecule has 2 heterocycles. The minimum Gasteiger partial charge on any atom is -0.406 e. The summed E-state index contributed by atoms with van der Waals surface area (Å²) in [5.41, 5.74) is 1.18. The predicted octanol–water partition coefficient (Wildman–Crippen LogP) is 3.65. The van der Waals surface area contributed by atoms with Gasteiger partial charge in [-0.2, -0.15) is 0 Å². The maximum atomic E-state index is 13.5. The van der Waals surface area contributed by atoms with Crippen molar-refractivity contribution >= 4 is 21.5 Å². The summed E-state index contributed by atoms with van der Waals surface area (Å²) in [5, 5.41) is 0. The van der Waals surface area contributed by atoms with Gasteiger partial charge in [0.05, 0.1) is 18.5 Å². The molecule has 3 aromatic rings. The van der Waals surface area contributed by atoms with E-state index in [1.165, 1.54) is 34.9 Å². The first-order chi connectivity index (χ1) is 12.9. The molecule has 0 aliphatic carbocycles. The first-order valence-electron chi connectivity index (χ1n) is 7.91. The van der Waals surface area contributed by atoms with E-state index in [0.717, 1.165) is 22.7 Å². The molecule has 150 valence electrons. The first-order valence-corrected chi connectivity index (χ1v) is 9.75. The van der Waals surface area contributed by atoms with Crippen LogP contribution in [0, 0.1) is 12.7 Å². The van der Waals surface area contributed by atoms with Crippen LogP contribution >= 0.6 is 0 Å². The summed E-state index contributed by atoms with van der Waals surface area (Å²) in [6, 6.07) is 7.45. The van der Waals surface area contributed by atoms with Gasteiger partial charge in [-0.25, -0.2) is 22.1 Å². The van der Waals surface area contributed by atoms with Crippen LogP contribution < -0.4 is 9.04 Å². The Bertz CT molecular complexity index is 1110. The Labute approximate surface area is 158 Å². The molecule has 0 bridgehead atoms. The minimum absolute atomic E-state index is 0.101. The zero-order chi connectivity index (χ0) is 20.7. The molecule has 0 N–H and O–H groups in total. The van der Waals surface area contributed by atoms with E-state index in [2.05, 4.69) is 9.72 Å². The van der Waals surface area contributed by atoms with Crippen LogP contribution in [-0.4, -0.2) is 30.4 Å². The molecule has 28 heavy (non-hydrogen) atoms. The van der Waals surface area contributed by atoms with Crippen LogP contribution in [-0.2, 0) is 16.6 Å². The van der Waals surface area contributed by atoms with Gasteiger partial charge in [0.25, 0.3) is 0 Å². The highest BCUT2D eigenvalue weighted by Gasteiger charge is 2.31. The molecular formula is C17H15F4N3O3S. The highest BCUT2D eigenvalue weighted by molar-refractivity contribution is 7.92. The maximum Gasteiger partial charge on any atom is 0.573 e. The standard InChI is InChI=1S/C17H15F4N3O3S/c1-11-16(22-15-8-5-13(18)10-23(11)15)24(28(2,25)26)9-12-3-6-14(7-4-12)27-17(19,20)21/h3-8,10H,9H2,1-2H3. The second-order valence-electron chi connectivity index (χ2n) is 6.06. The van der Waals surface area contributed by atoms with E-state index < -0.39 is 28.0 Å². The van der Waals surface area contributed by atoms with Gasteiger partial charge in [0, 0.05) is 6.20 Å². The number of ether oxygens (including phenoxy) is 1. The van der Waals surface area contributed by atoms with Crippen molar-refractivity contribution in [2.24, 2.45) is 0 Å². The van der Waals surface area contributed by atoms with Gasteiger partial charge in [-0.15, -0.1) is 13.2 Å². The number of aromatic nitrogens is 2. The van der Waals surface area contributed by atoms with Crippen molar-refractivity contribution in [2.45, 2.75) is 19.8 Å². The summed E-state index contributed by atoms with van der Waals surface area (Å²) in [6.07, 6.45) is -2.65. The Morgan fingerprint density at radius 1 is 1.14 bits per heavy atom. The van der Waals surface area contributed by atoms with E-state index >= 15 is 0 Å². The number of imidazole rings is 1. The number of pyridine rings is 1. The van der Waals surface area contributed by atoms with E-state index in [4.69, 9.17) is 0 Å². The lowest BCUT2D eigenvalue weighted by Gasteiger charge is -2.21. The average Bonchev–Trinajstić information content (AvgIpc) is 2.88. The summed E-state index contributed by atoms with van der Waals surface area (Å²) in [5.74, 6) is -0.823. The Morgan fingerprint density at radius 3 is 2.36 bits per heavy atom. The summed E-state index contributed by atoms with van der Waals surface area (Å²) in [4.78, 5) is 4.25. The van der Waals surface area contributed by atoms with E-state index in [1.54, 1.807) is 6.92 Å². The van der Waals surface area contributed by atoms with Crippen LogP contribution in [0.2, 0.25) is 0 Å². The highest BCUT2D eigenvalue weighted by Crippen LogP contribution is 2.27. The molecule has 3 rings (SSSR count). The Morgan fingerprint density at radius 2 is 1.79 bits per heavy atom. The third-order valence-corrected chi connectivity index (χ3v) is 5.02. The van der Waals surface area contributed by atoms with Gasteiger partial charge in [0.1, 0.15) is 17.2 Å². The van der Waals surface area contributed by atoms with Gasteiger partial charge in [-0.1, -0.05) is 12.1 Å². The lowest BCUT2D eigenvalue weighted by atomic mass is 10.2. The van der Waals surface area contributed by atoms with Crippen LogP contribution in [0.25, 0.3) is 5.65 Å². The zero-order valence-corrected chi connectivity index (χ0v) is 15.6. The molecule has 11 heteroatoms. The fourth-order valence-corrected chi connectivity index (χ4v) is 3.54. The SMILES string of the molecule is Cc1c(N(Cc2ccc(OC(F)(F)F)cc2)S(C)(=O)=O)nc2ccc(F)cn12. The second-order valence-corrected chi connectivity index (χ2v) is 7.96. The molecular weight excluding hydrogens is 402 g/mol. The fourth-order valence-electron chi connectivity index (χ4n) is 2.67. The smallest absolute Gasteiger partial charge is 0.406 e. The first kappa shape index (κ1) is 19.9. The molecule has 0 aliphatic rings. The third kappa shape index (κ3) is 4.35. The maximum absolute atomic E-state index is 13.5. The van der Waals surface area contributed by atoms with Crippen molar-refractivity contribution in [3.8, 4) is 5.75 Å². The monoisotopic (exact) mass is 417 g/mol. The Kier molecular flexibility index (Phi) is 4.96. The summed E-state index contributed by atoms with van der Waals surface area (Å²) in [6.45, 7) is 1.42. The van der Waals surface area contributed by atoms with Crippen LogP contribution in [0.3, 0.4) is 0 Å². The van der Waals surface area contributed by atoms with Crippen molar-refractivity contribution in [1.29, 1.82) is 0 Å². The van der Waals surface area contributed by atoms with Gasteiger partial charge < -0.3 is 4.74 Å². The topological polar surface area (TPSA) is 63.9 Å². The van der Waals surface area contributed by atoms with E-state index in [9.17, 15) is 26.0 Å². The highest BCUT2D eigenvalue weighted by atomic mass is 32.2. The summed E-state index contributed by atoms with van der Waals surface area (Å²) >= 11 is 0. The molecule has 0 amide bonds. The van der Waals surface area contributed by atoms with Crippen LogP contribution in [0.5, 0.6) is 5.75 Å². The molecule has 0 saturated heterocycles. The number of nitrogens with zero attached hydrogens (tertiary/aromatic N) is 3. The molecule has 0 aliphatic heterocycles. The quantitative estimate of drug-likeness (QED) is 0.595. The van der Waals surface area contributed by atoms with Crippen LogP contribution in [0.4, 0.5) is 23.4 Å². The Hall–Kier alpha value is -2.82. The number of fused-ring (bicyclic) bond motifs is 1. The van der Waals surface area contributed by atoms with E-state index in [0.29, 0.717) is 16.9 Å². The molecule has 6 nitrogen and oxygen atoms in total. The number of hydrogen-bond donors (Lipinski definition) is 0. The van der Waals surface area contributed by atoms with Gasteiger partial charge >= 0.3 is 6.36 Å². The second kappa shape index (κ2) is 6.97. The number of alkyl halides is 3. The van der Waals surface area contributed by atoms with Crippen molar-refractivity contribution in [1.82, 2.24) is 9.38 Å². The molecule has 0 unspecified atom stereocenters. The zero-order valence-electron chi connectivity index (χ0n) is 14.7. The van der Waals surface area contributed by atoms with Gasteiger partial charge in [0.2, 0.25) is 10.0 Å². The van der Waals surface area contributed by atoms with Gasteiger partial charge in [0.15, 0.2) is 5.82 Å². The van der Waals surface area contributed by atoms with Crippen molar-refractivity contribution in [3.63, 3.8) is 0 Å². The number of halogens is 4. The number of aryl methyl sites for hydroxylation is 1. The third-order valence-electron chi connectivity index (χ3n) is 3.92. The minimum atomic E-state index is -4.82. The molecule has 0 spiro atoms. The van der Waals surface area contributed by atoms with Crippen LogP contribution in [0.1, 0.15) is 11.3 Å². The average molecular weight is 417 g/mol. The summed E-state index contributed by atoms with van der Waals surface area (Å²) < 4.78 is 81.1. The molecule has 0 atom stereocenters. The van der Waals surface area contributed by atoms with E-state index in [-0.39, 0.29) is 12.4 Å². The number of rotatable bonds is 5. The lowest BCUT2D eigenvalue weighted by molar-refractivity contribution is -0.274. The molecule has 2 aromatic heterocycles. The normalized spacial score (nSPS) is 12.4. The van der Waals surface area contributed by atoms with Gasteiger partial charge in [-0.05, 0) is 36.8 Å². The van der Waals surface area contributed by atoms with Crippen molar-refractivity contribution < 1.29 is 30.7 Å². The number of benzene rings is 1. The van der Waals surface area contributed by atoms with Crippen LogP contribution in [0.15, 0.2) is 42.6 Å². The molecule has 0 fully saturated rings. The fraction of sp³-hybridized carbons (Fsp3) is 0.235. The molecule has 0 saturated carbocycles. The molecule has 1 aromatic carbocycles. The Balaban J connectivity index is 1.95. The predicted molar refractivity (Wildman–Crippen MR) is 94.0 cm³/mol. The number of hydrogen-bond acceptors (Lipinski definition) is 4. The molecule has 0 radical (unpaired) electrons. The largest absolute Gasteiger partial charge is 0.573 e. The number of sulfonamides is 1. The van der Waals surface area contributed by atoms with Gasteiger partial charge in [-0.3, -0.25) is 4.40 Å². The van der Waals surface area contributed by atoms with E-state index in [1.807, 2.05) is 0 Å². The lowest BCUT2D eigenvalue weighted by Crippen LogP contribution is -2.30. The summed E-state index contributed by atoms with van der Waals surface area (Å²) in [7, 11) is -3.78. The van der Waals surface area contributed by atoms with Crippen molar-refractivity contribution in [2.75, 3.05) is 10.6 Å². The van der Waals surface area contributed by atoms with Crippen molar-refractivity contribution in [3.05, 3.63) is 59.7 Å². The number of anilines is 1.